The molecule has 1 rings (SSSR count). The predicted octanol–water partition coefficient (Wildman–Crippen LogP) is 6.71. The van der Waals surface area contributed by atoms with Crippen molar-refractivity contribution in [2.75, 3.05) is 0 Å². The van der Waals surface area contributed by atoms with E-state index in [4.69, 9.17) is 0 Å². The second-order valence-electron chi connectivity index (χ2n) is 10.1. The summed E-state index contributed by atoms with van der Waals surface area (Å²) in [6, 6.07) is 1.28. The van der Waals surface area contributed by atoms with Crippen LogP contribution in [0.1, 0.15) is 97.6 Å². The molecule has 3 heteroatoms. The fourth-order valence-corrected chi connectivity index (χ4v) is 3.38. The zero-order chi connectivity index (χ0) is 20.0. The molecule has 0 saturated carbocycles. The van der Waals surface area contributed by atoms with Gasteiger partial charge in [-0.15, -0.1) is 0 Å². The molecule has 0 aliphatic heterocycles. The van der Waals surface area contributed by atoms with Crippen LogP contribution in [0.5, 0.6) is 17.2 Å². The Balaban J connectivity index is 2.69. The summed E-state index contributed by atoms with van der Waals surface area (Å²) in [5.41, 5.74) is 2.21. The molecule has 0 amide bonds. The van der Waals surface area contributed by atoms with Crippen molar-refractivity contribution in [3.05, 3.63) is 17.2 Å². The molecule has 0 bridgehead atoms. The minimum atomic E-state index is -0.217. The van der Waals surface area contributed by atoms with Crippen LogP contribution in [0.2, 0.25) is 0 Å². The van der Waals surface area contributed by atoms with Gasteiger partial charge in [0.1, 0.15) is 5.75 Å². The lowest BCUT2D eigenvalue weighted by Crippen LogP contribution is -2.05. The lowest BCUT2D eigenvalue weighted by atomic mass is 9.87. The molecule has 0 aromatic heterocycles. The summed E-state index contributed by atoms with van der Waals surface area (Å²) in [5.74, 6) is -0.157. The third kappa shape index (κ3) is 8.33. The van der Waals surface area contributed by atoms with Crippen LogP contribution >= 0.6 is 0 Å². The van der Waals surface area contributed by atoms with Crippen molar-refractivity contribution in [2.45, 2.75) is 99.3 Å². The molecule has 150 valence electrons. The minimum Gasteiger partial charge on any atom is -0.508 e. The Hall–Kier alpha value is -1.38. The topological polar surface area (TPSA) is 60.7 Å². The van der Waals surface area contributed by atoms with Crippen LogP contribution in [0.3, 0.4) is 0 Å². The van der Waals surface area contributed by atoms with E-state index < -0.39 is 0 Å². The lowest BCUT2D eigenvalue weighted by molar-refractivity contribution is 0.356. The number of unbranched alkanes of at least 4 members (excludes halogenated alkanes) is 3. The second kappa shape index (κ2) is 9.53. The summed E-state index contributed by atoms with van der Waals surface area (Å²) in [6.07, 6.45) is 9.05. The zero-order valence-corrected chi connectivity index (χ0v) is 17.8. The van der Waals surface area contributed by atoms with Crippen LogP contribution < -0.4 is 0 Å². The molecule has 0 aliphatic carbocycles. The molecule has 0 fully saturated rings. The average Bonchev–Trinajstić information content (AvgIpc) is 2.47. The normalized spacial score (nSPS) is 12.5. The number of hydrogen-bond acceptors (Lipinski definition) is 3. The van der Waals surface area contributed by atoms with Crippen LogP contribution in [0.15, 0.2) is 6.07 Å². The maximum Gasteiger partial charge on any atom is 0.161 e. The van der Waals surface area contributed by atoms with Crippen molar-refractivity contribution >= 4 is 0 Å². The van der Waals surface area contributed by atoms with Gasteiger partial charge in [0.05, 0.1) is 0 Å². The van der Waals surface area contributed by atoms with E-state index >= 15 is 0 Å². The number of rotatable bonds is 9. The van der Waals surface area contributed by atoms with E-state index in [1.807, 2.05) is 0 Å². The molecular formula is C23H40O3. The van der Waals surface area contributed by atoms with Gasteiger partial charge in [-0.2, -0.15) is 0 Å². The maximum absolute atomic E-state index is 10.3. The largest absolute Gasteiger partial charge is 0.508 e. The maximum atomic E-state index is 10.3. The highest BCUT2D eigenvalue weighted by molar-refractivity contribution is 5.55. The van der Waals surface area contributed by atoms with Gasteiger partial charge in [0.2, 0.25) is 0 Å². The van der Waals surface area contributed by atoms with Crippen molar-refractivity contribution in [1.82, 2.24) is 0 Å². The summed E-state index contributed by atoms with van der Waals surface area (Å²) < 4.78 is 0. The van der Waals surface area contributed by atoms with Gasteiger partial charge >= 0.3 is 0 Å². The van der Waals surface area contributed by atoms with Crippen LogP contribution in [0.4, 0.5) is 0 Å². The third-order valence-corrected chi connectivity index (χ3v) is 4.93. The van der Waals surface area contributed by atoms with Gasteiger partial charge in [-0.05, 0) is 49.4 Å². The molecule has 0 spiro atoms. The highest BCUT2D eigenvalue weighted by atomic mass is 16.3. The van der Waals surface area contributed by atoms with E-state index in [0.717, 1.165) is 56.1 Å². The van der Waals surface area contributed by atoms with Crippen molar-refractivity contribution in [1.29, 1.82) is 0 Å². The fraction of sp³-hybridized carbons (Fsp3) is 0.739. The zero-order valence-electron chi connectivity index (χ0n) is 17.8. The van der Waals surface area contributed by atoms with Crippen molar-refractivity contribution in [3.63, 3.8) is 0 Å². The molecule has 1 aromatic carbocycles. The van der Waals surface area contributed by atoms with Crippen LogP contribution in [-0.4, -0.2) is 15.3 Å². The summed E-state index contributed by atoms with van der Waals surface area (Å²) >= 11 is 0. The van der Waals surface area contributed by atoms with Crippen LogP contribution in [-0.2, 0) is 12.8 Å². The van der Waals surface area contributed by atoms with E-state index in [-0.39, 0.29) is 17.2 Å². The first-order valence-electron chi connectivity index (χ1n) is 10.2. The first-order chi connectivity index (χ1) is 11.9. The smallest absolute Gasteiger partial charge is 0.161 e. The summed E-state index contributed by atoms with van der Waals surface area (Å²) in [5, 5.41) is 30.5. The number of hydrogen-bond donors (Lipinski definition) is 3. The molecular weight excluding hydrogens is 324 g/mol. The standard InChI is InChI=1S/C23H40O3/c1-22(2,3)14-10-7-8-13-18-17(12-9-11-15-23(4,5)6)19(24)16-20(25)21(18)26/h16,24-26H,7-15H2,1-6H3. The predicted molar refractivity (Wildman–Crippen MR) is 110 cm³/mol. The molecule has 0 atom stereocenters. The molecule has 3 N–H and O–H groups in total. The molecule has 0 aliphatic rings. The van der Waals surface area contributed by atoms with Gasteiger partial charge in [-0.25, -0.2) is 0 Å². The van der Waals surface area contributed by atoms with Gasteiger partial charge in [-0.1, -0.05) is 60.8 Å². The summed E-state index contributed by atoms with van der Waals surface area (Å²) in [4.78, 5) is 0. The Morgan fingerprint density at radius 3 is 1.62 bits per heavy atom. The Morgan fingerprint density at radius 2 is 1.08 bits per heavy atom. The quantitative estimate of drug-likeness (QED) is 0.259. The van der Waals surface area contributed by atoms with Crippen molar-refractivity contribution in [2.24, 2.45) is 10.8 Å². The van der Waals surface area contributed by atoms with Gasteiger partial charge in [0.25, 0.3) is 0 Å². The first-order valence-corrected chi connectivity index (χ1v) is 10.2. The highest BCUT2D eigenvalue weighted by Crippen LogP contribution is 2.39. The van der Waals surface area contributed by atoms with E-state index in [0.29, 0.717) is 17.3 Å². The van der Waals surface area contributed by atoms with Gasteiger partial charge in [-0.3, -0.25) is 0 Å². The molecule has 0 heterocycles. The molecule has 26 heavy (non-hydrogen) atoms. The molecule has 0 unspecified atom stereocenters. The Labute approximate surface area is 160 Å². The van der Waals surface area contributed by atoms with E-state index in [2.05, 4.69) is 41.5 Å². The van der Waals surface area contributed by atoms with Crippen molar-refractivity contribution in [3.8, 4) is 17.2 Å². The number of aromatic hydroxyl groups is 3. The molecule has 1 aromatic rings. The van der Waals surface area contributed by atoms with Crippen molar-refractivity contribution < 1.29 is 15.3 Å². The first kappa shape index (κ1) is 22.7. The molecule has 3 nitrogen and oxygen atoms in total. The SMILES string of the molecule is CC(C)(C)CCCCCc1c(O)c(O)cc(O)c1CCCCC(C)(C)C. The average molecular weight is 365 g/mol. The fourth-order valence-electron chi connectivity index (χ4n) is 3.38. The van der Waals surface area contributed by atoms with Gasteiger partial charge in [0.15, 0.2) is 11.5 Å². The number of phenols is 3. The van der Waals surface area contributed by atoms with Crippen LogP contribution in [0, 0.1) is 10.8 Å². The second-order valence-corrected chi connectivity index (χ2v) is 10.1. The monoisotopic (exact) mass is 364 g/mol. The van der Waals surface area contributed by atoms with Crippen LogP contribution in [0.25, 0.3) is 0 Å². The third-order valence-electron chi connectivity index (χ3n) is 4.93. The molecule has 0 saturated heterocycles. The molecule has 0 radical (unpaired) electrons. The Kier molecular flexibility index (Phi) is 8.30. The Morgan fingerprint density at radius 1 is 0.615 bits per heavy atom. The number of benzene rings is 1. The summed E-state index contributed by atoms with van der Waals surface area (Å²) in [7, 11) is 0. The minimum absolute atomic E-state index is 0.0514. The van der Waals surface area contributed by atoms with E-state index in [1.165, 1.54) is 12.5 Å². The lowest BCUT2D eigenvalue weighted by Gasteiger charge is -2.19. The summed E-state index contributed by atoms with van der Waals surface area (Å²) in [6.45, 7) is 13.5. The number of phenolic OH excluding ortho intramolecular Hbond substituents is 3. The van der Waals surface area contributed by atoms with E-state index in [9.17, 15) is 15.3 Å². The highest BCUT2D eigenvalue weighted by Gasteiger charge is 2.18. The van der Waals surface area contributed by atoms with Gasteiger partial charge in [0, 0.05) is 17.2 Å². The van der Waals surface area contributed by atoms with E-state index in [1.54, 1.807) is 0 Å². The van der Waals surface area contributed by atoms with Gasteiger partial charge < -0.3 is 15.3 Å². The Bertz CT molecular complexity index is 562.